The predicted octanol–water partition coefficient (Wildman–Crippen LogP) is -0.684. The van der Waals surface area contributed by atoms with Gasteiger partial charge in [-0.1, -0.05) is 0 Å². The quantitative estimate of drug-likeness (QED) is 0.369. The van der Waals surface area contributed by atoms with E-state index in [2.05, 4.69) is 25.8 Å². The van der Waals surface area contributed by atoms with Crippen LogP contribution < -0.4 is 10.9 Å². The molecule has 2 N–H and O–H groups in total. The van der Waals surface area contributed by atoms with Crippen molar-refractivity contribution >= 4 is 34.7 Å². The lowest BCUT2D eigenvalue weighted by atomic mass is 10.2. The van der Waals surface area contributed by atoms with Crippen molar-refractivity contribution in [2.75, 3.05) is 19.8 Å². The van der Waals surface area contributed by atoms with Crippen molar-refractivity contribution in [2.45, 2.75) is 6.42 Å². The number of fused-ring (bicyclic) bond motifs is 1. The van der Waals surface area contributed by atoms with E-state index in [1.54, 1.807) is 6.07 Å². The van der Waals surface area contributed by atoms with E-state index in [1.165, 1.54) is 24.3 Å². The highest BCUT2D eigenvalue weighted by atomic mass is 16.6. The van der Waals surface area contributed by atoms with Crippen LogP contribution in [-0.2, 0) is 19.1 Å². The first-order chi connectivity index (χ1) is 13.0. The number of carbonyl (C=O) groups excluding carboxylic acids is 4. The lowest BCUT2D eigenvalue weighted by Gasteiger charge is -2.13. The first kappa shape index (κ1) is 18.2. The minimum absolute atomic E-state index is 0.00728. The molecule has 1 aliphatic rings. The number of nitrogens with one attached hydrogen (secondary N) is 2. The van der Waals surface area contributed by atoms with Crippen LogP contribution in [-0.4, -0.2) is 58.6 Å². The number of rotatable bonds is 7. The Morgan fingerprint density at radius 2 is 1.78 bits per heavy atom. The highest BCUT2D eigenvalue weighted by Gasteiger charge is 2.22. The standard InChI is InChI=1S/C16H15N5O6/c22-13(5-7-26-8-6-21-14(23)3-4-15(21)24)17-18-16(25)10-1-2-11-12(9-10)20-27-19-11/h1-4,9H,5-8H2,(H,17,22)(H,18,25). The minimum atomic E-state index is -0.521. The third kappa shape index (κ3) is 4.52. The van der Waals surface area contributed by atoms with Gasteiger partial charge in [0.05, 0.1) is 26.2 Å². The first-order valence-corrected chi connectivity index (χ1v) is 7.97. The van der Waals surface area contributed by atoms with E-state index in [4.69, 9.17) is 4.74 Å². The molecule has 2 aromatic rings. The van der Waals surface area contributed by atoms with Gasteiger partial charge in [0.2, 0.25) is 5.91 Å². The highest BCUT2D eigenvalue weighted by molar-refractivity contribution is 6.12. The van der Waals surface area contributed by atoms with Crippen molar-refractivity contribution in [3.8, 4) is 0 Å². The second-order valence-corrected chi connectivity index (χ2v) is 5.49. The Hall–Kier alpha value is -3.60. The third-order valence-electron chi connectivity index (χ3n) is 3.66. The molecule has 11 heteroatoms. The van der Waals surface area contributed by atoms with Crippen LogP contribution in [0, 0.1) is 0 Å². The second-order valence-electron chi connectivity index (χ2n) is 5.49. The molecule has 27 heavy (non-hydrogen) atoms. The number of benzene rings is 1. The molecule has 3 rings (SSSR count). The van der Waals surface area contributed by atoms with Crippen LogP contribution in [0.5, 0.6) is 0 Å². The molecule has 1 aliphatic heterocycles. The minimum Gasteiger partial charge on any atom is -0.379 e. The van der Waals surface area contributed by atoms with E-state index >= 15 is 0 Å². The van der Waals surface area contributed by atoms with E-state index in [9.17, 15) is 19.2 Å². The van der Waals surface area contributed by atoms with Crippen LogP contribution in [0.15, 0.2) is 35.0 Å². The lowest BCUT2D eigenvalue weighted by molar-refractivity contribution is -0.138. The van der Waals surface area contributed by atoms with Crippen molar-refractivity contribution in [1.82, 2.24) is 26.1 Å². The molecule has 0 saturated heterocycles. The van der Waals surface area contributed by atoms with Gasteiger partial charge in [-0.25, -0.2) is 4.63 Å². The average molecular weight is 373 g/mol. The summed E-state index contributed by atoms with van der Waals surface area (Å²) >= 11 is 0. The molecular formula is C16H15N5O6. The second kappa shape index (κ2) is 8.19. The first-order valence-electron chi connectivity index (χ1n) is 7.97. The maximum atomic E-state index is 12.0. The van der Waals surface area contributed by atoms with E-state index in [0.29, 0.717) is 11.0 Å². The van der Waals surface area contributed by atoms with Gasteiger partial charge in [0.1, 0.15) is 11.0 Å². The molecule has 0 aliphatic carbocycles. The number of aromatic nitrogens is 2. The summed E-state index contributed by atoms with van der Waals surface area (Å²) in [7, 11) is 0. The Morgan fingerprint density at radius 3 is 2.56 bits per heavy atom. The van der Waals surface area contributed by atoms with Crippen LogP contribution in [0.3, 0.4) is 0 Å². The van der Waals surface area contributed by atoms with Gasteiger partial charge < -0.3 is 4.74 Å². The monoisotopic (exact) mass is 373 g/mol. The molecule has 0 atom stereocenters. The number of nitrogens with zero attached hydrogens (tertiary/aromatic N) is 3. The number of ether oxygens (including phenoxy) is 1. The molecule has 140 valence electrons. The summed E-state index contributed by atoms with van der Waals surface area (Å²) in [4.78, 5) is 47.4. The fourth-order valence-electron chi connectivity index (χ4n) is 2.26. The van der Waals surface area contributed by atoms with Gasteiger partial charge in [0.15, 0.2) is 0 Å². The molecule has 0 saturated carbocycles. The number of amides is 4. The summed E-state index contributed by atoms with van der Waals surface area (Å²) < 4.78 is 9.77. The van der Waals surface area contributed by atoms with Crippen molar-refractivity contribution in [3.05, 3.63) is 35.9 Å². The molecule has 4 amide bonds. The molecule has 1 aromatic carbocycles. The topological polar surface area (TPSA) is 144 Å². The summed E-state index contributed by atoms with van der Waals surface area (Å²) in [6.07, 6.45) is 2.37. The van der Waals surface area contributed by atoms with Gasteiger partial charge in [-0.15, -0.1) is 0 Å². The maximum absolute atomic E-state index is 12.0. The van der Waals surface area contributed by atoms with Crippen molar-refractivity contribution in [1.29, 1.82) is 0 Å². The van der Waals surface area contributed by atoms with Gasteiger partial charge in [-0.3, -0.25) is 34.9 Å². The van der Waals surface area contributed by atoms with Gasteiger partial charge in [-0.2, -0.15) is 0 Å². The van der Waals surface area contributed by atoms with Crippen molar-refractivity contribution in [2.24, 2.45) is 0 Å². The zero-order valence-corrected chi connectivity index (χ0v) is 14.0. The summed E-state index contributed by atoms with van der Waals surface area (Å²) in [5.41, 5.74) is 5.76. The van der Waals surface area contributed by atoms with Crippen molar-refractivity contribution in [3.63, 3.8) is 0 Å². The summed E-state index contributed by atoms with van der Waals surface area (Å²) in [6.45, 7) is 0.300. The fourth-order valence-corrected chi connectivity index (χ4v) is 2.26. The summed E-state index contributed by atoms with van der Waals surface area (Å²) in [5, 5.41) is 7.26. The Morgan fingerprint density at radius 1 is 1.04 bits per heavy atom. The van der Waals surface area contributed by atoms with Gasteiger partial charge in [0, 0.05) is 17.7 Å². The Balaban J connectivity index is 1.33. The van der Waals surface area contributed by atoms with Gasteiger partial charge in [-0.05, 0) is 28.5 Å². The molecular weight excluding hydrogens is 358 g/mol. The molecule has 1 aromatic heterocycles. The fraction of sp³-hybridized carbons (Fsp3) is 0.250. The zero-order valence-electron chi connectivity index (χ0n) is 14.0. The van der Waals surface area contributed by atoms with E-state index in [1.807, 2.05) is 0 Å². The largest absolute Gasteiger partial charge is 0.379 e. The summed E-state index contributed by atoms with van der Waals surface area (Å²) in [6, 6.07) is 4.57. The van der Waals surface area contributed by atoms with Crippen LogP contribution >= 0.6 is 0 Å². The lowest BCUT2D eigenvalue weighted by Crippen LogP contribution is -2.42. The van der Waals surface area contributed by atoms with Gasteiger partial charge in [0.25, 0.3) is 17.7 Å². The van der Waals surface area contributed by atoms with Crippen LogP contribution in [0.2, 0.25) is 0 Å². The number of hydrazine groups is 1. The molecule has 0 radical (unpaired) electrons. The van der Waals surface area contributed by atoms with E-state index < -0.39 is 11.8 Å². The van der Waals surface area contributed by atoms with Crippen LogP contribution in [0.1, 0.15) is 16.8 Å². The number of hydrogen-bond donors (Lipinski definition) is 2. The predicted molar refractivity (Wildman–Crippen MR) is 88.7 cm³/mol. The average Bonchev–Trinajstić information content (AvgIpc) is 3.26. The maximum Gasteiger partial charge on any atom is 0.269 e. The third-order valence-corrected chi connectivity index (χ3v) is 3.66. The molecule has 2 heterocycles. The van der Waals surface area contributed by atoms with Crippen LogP contribution in [0.4, 0.5) is 0 Å². The normalized spacial score (nSPS) is 13.4. The van der Waals surface area contributed by atoms with Crippen molar-refractivity contribution < 1.29 is 28.5 Å². The number of carbonyl (C=O) groups is 4. The molecule has 0 unspecified atom stereocenters. The van der Waals surface area contributed by atoms with E-state index in [-0.39, 0.29) is 43.6 Å². The Kier molecular flexibility index (Phi) is 5.52. The SMILES string of the molecule is O=C(CCOCCN1C(=O)C=CC1=O)NNC(=O)c1ccc2nonc2c1. The Labute approximate surface area is 152 Å². The number of imide groups is 1. The molecule has 0 bridgehead atoms. The zero-order chi connectivity index (χ0) is 19.2. The summed E-state index contributed by atoms with van der Waals surface area (Å²) in [5.74, 6) is -1.75. The highest BCUT2D eigenvalue weighted by Crippen LogP contribution is 2.11. The number of hydrogen-bond acceptors (Lipinski definition) is 8. The molecule has 0 fully saturated rings. The van der Waals surface area contributed by atoms with Gasteiger partial charge >= 0.3 is 0 Å². The van der Waals surface area contributed by atoms with Crippen LogP contribution in [0.25, 0.3) is 11.0 Å². The molecule has 11 nitrogen and oxygen atoms in total. The Bertz CT molecular complexity index is 903. The smallest absolute Gasteiger partial charge is 0.269 e. The van der Waals surface area contributed by atoms with E-state index in [0.717, 1.165) is 4.90 Å². The molecule has 0 spiro atoms.